The van der Waals surface area contributed by atoms with Gasteiger partial charge in [0.25, 0.3) is 17.7 Å². The molecule has 33 heavy (non-hydrogen) atoms. The van der Waals surface area contributed by atoms with E-state index in [0.29, 0.717) is 5.01 Å². The van der Waals surface area contributed by atoms with Gasteiger partial charge in [-0.15, -0.1) is 0 Å². The highest BCUT2D eigenvalue weighted by Crippen LogP contribution is 2.28. The van der Waals surface area contributed by atoms with Crippen LogP contribution >= 0.6 is 0 Å². The number of hydrazine groups is 1. The number of sulfone groups is 1. The number of fused-ring (bicyclic) bond motifs is 1. The lowest BCUT2D eigenvalue weighted by atomic mass is 10.1. The fraction of sp³-hybridized carbons (Fsp3) is 0. The van der Waals surface area contributed by atoms with Crippen molar-refractivity contribution in [2.24, 2.45) is 0 Å². The monoisotopic (exact) mass is 465 g/mol. The van der Waals surface area contributed by atoms with Crippen molar-refractivity contribution in [3.05, 3.63) is 89.0 Å². The lowest BCUT2D eigenvalue weighted by Gasteiger charge is -2.14. The van der Waals surface area contributed by atoms with Crippen LogP contribution in [0.3, 0.4) is 0 Å². The van der Waals surface area contributed by atoms with Gasteiger partial charge in [0.15, 0.2) is 0 Å². The third-order valence-electron chi connectivity index (χ3n) is 4.91. The largest absolute Gasteiger partial charge is 0.545 e. The molecule has 0 radical (unpaired) electrons. The number of phenolic OH excluding ortho intramolecular Hbond substituents is 1. The molecule has 0 unspecified atom stereocenters. The second-order valence-electron chi connectivity index (χ2n) is 6.96. The number of imide groups is 1. The third kappa shape index (κ3) is 3.81. The Morgan fingerprint density at radius 3 is 1.94 bits per heavy atom. The van der Waals surface area contributed by atoms with E-state index in [-0.39, 0.29) is 37.8 Å². The zero-order chi connectivity index (χ0) is 23.9. The molecule has 1 heterocycles. The summed E-state index contributed by atoms with van der Waals surface area (Å²) in [6, 6.07) is 12.7. The maximum Gasteiger partial charge on any atom is 0.280 e. The van der Waals surface area contributed by atoms with E-state index in [0.717, 1.165) is 42.5 Å². The number of nitrogens with one attached hydrogen (secondary N) is 1. The van der Waals surface area contributed by atoms with Crippen LogP contribution in [0.5, 0.6) is 5.75 Å². The third-order valence-corrected chi connectivity index (χ3v) is 6.68. The van der Waals surface area contributed by atoms with Crippen LogP contribution in [0.25, 0.3) is 0 Å². The van der Waals surface area contributed by atoms with Gasteiger partial charge in [0, 0.05) is 5.56 Å². The average molecular weight is 465 g/mol. The topological polar surface area (TPSA) is 161 Å². The van der Waals surface area contributed by atoms with Gasteiger partial charge in [-0.2, -0.15) is 5.01 Å². The van der Waals surface area contributed by atoms with Crippen molar-refractivity contribution in [1.29, 1.82) is 0 Å². The lowest BCUT2D eigenvalue weighted by Crippen LogP contribution is -2.45. The summed E-state index contributed by atoms with van der Waals surface area (Å²) < 4.78 is 25.8. The molecule has 2 N–H and O–H groups in total. The summed E-state index contributed by atoms with van der Waals surface area (Å²) >= 11 is 0. The molecule has 0 saturated heterocycles. The Hall–Kier alpha value is -4.51. The smallest absolute Gasteiger partial charge is 0.280 e. The number of carboxylic acid groups (broad SMARTS) is 1. The second kappa shape index (κ2) is 7.88. The first-order valence-corrected chi connectivity index (χ1v) is 10.8. The highest BCUT2D eigenvalue weighted by atomic mass is 32.2. The van der Waals surface area contributed by atoms with E-state index in [9.17, 15) is 37.8 Å². The molecule has 0 spiro atoms. The van der Waals surface area contributed by atoms with Crippen LogP contribution in [0.2, 0.25) is 0 Å². The Kier molecular flexibility index (Phi) is 5.18. The standard InChI is InChI=1S/C22H14N2O8S/c25-14-5-1-12(2-6-14)19(26)23-24-20(27)17-10-9-16(11-18(17)21(24)28)33(31,32)15-7-3-13(4-8-15)22(29)30/h1-11,25H,(H,23,26)(H,29,30)/p-1. The minimum atomic E-state index is -4.14. The number of amides is 3. The molecule has 1 aliphatic heterocycles. The molecule has 3 aromatic rings. The van der Waals surface area contributed by atoms with Gasteiger partial charge in [0.05, 0.1) is 26.9 Å². The number of aromatic hydroxyl groups is 1. The molecule has 11 heteroatoms. The Morgan fingerprint density at radius 1 is 0.788 bits per heavy atom. The number of nitrogens with zero attached hydrogens (tertiary/aromatic N) is 1. The van der Waals surface area contributed by atoms with Gasteiger partial charge in [-0.05, 0) is 60.2 Å². The SMILES string of the molecule is O=C([O-])c1ccc(S(=O)(=O)c2ccc3c(c2)C(=O)N(NC(=O)c2ccc(O)cc2)C3=O)cc1. The van der Waals surface area contributed by atoms with Crippen molar-refractivity contribution in [3.63, 3.8) is 0 Å². The molecule has 1 aliphatic rings. The molecule has 0 aromatic heterocycles. The van der Waals surface area contributed by atoms with Gasteiger partial charge in [-0.1, -0.05) is 12.1 Å². The number of hydrogen-bond acceptors (Lipinski definition) is 8. The van der Waals surface area contributed by atoms with Crippen molar-refractivity contribution in [1.82, 2.24) is 10.4 Å². The fourth-order valence-electron chi connectivity index (χ4n) is 3.17. The number of benzene rings is 3. The number of carboxylic acids is 1. The highest BCUT2D eigenvalue weighted by molar-refractivity contribution is 7.91. The Morgan fingerprint density at radius 2 is 1.33 bits per heavy atom. The predicted octanol–water partition coefficient (Wildman–Crippen LogP) is 0.529. The molecular weight excluding hydrogens is 452 g/mol. The first kappa shape index (κ1) is 21.7. The van der Waals surface area contributed by atoms with Crippen LogP contribution in [0, 0.1) is 0 Å². The molecule has 0 bridgehead atoms. The van der Waals surface area contributed by atoms with E-state index in [1.54, 1.807) is 0 Å². The maximum atomic E-state index is 12.9. The number of rotatable bonds is 5. The van der Waals surface area contributed by atoms with Crippen molar-refractivity contribution < 1.29 is 37.8 Å². The first-order valence-electron chi connectivity index (χ1n) is 9.29. The van der Waals surface area contributed by atoms with Gasteiger partial charge >= 0.3 is 0 Å². The van der Waals surface area contributed by atoms with E-state index >= 15 is 0 Å². The summed E-state index contributed by atoms with van der Waals surface area (Å²) in [5.41, 5.74) is 1.72. The van der Waals surface area contributed by atoms with E-state index in [4.69, 9.17) is 0 Å². The average Bonchev–Trinajstić information content (AvgIpc) is 3.04. The predicted molar refractivity (Wildman–Crippen MR) is 109 cm³/mol. The molecule has 0 aliphatic carbocycles. The second-order valence-corrected chi connectivity index (χ2v) is 8.91. The lowest BCUT2D eigenvalue weighted by molar-refractivity contribution is -0.255. The molecule has 10 nitrogen and oxygen atoms in total. The van der Waals surface area contributed by atoms with Crippen LogP contribution in [0.15, 0.2) is 76.5 Å². The number of aromatic carboxylic acids is 1. The molecular formula is C22H13N2O8S-. The zero-order valence-electron chi connectivity index (χ0n) is 16.5. The number of phenols is 1. The first-order chi connectivity index (χ1) is 15.6. The normalized spacial score (nSPS) is 13.0. The van der Waals surface area contributed by atoms with Crippen LogP contribution in [0.1, 0.15) is 41.4 Å². The minimum absolute atomic E-state index is 0.0738. The number of carbonyl (C=O) groups is 4. The van der Waals surface area contributed by atoms with E-state index in [2.05, 4.69) is 5.43 Å². The number of hydrogen-bond donors (Lipinski definition) is 2. The van der Waals surface area contributed by atoms with E-state index in [1.165, 1.54) is 24.3 Å². The molecule has 0 saturated carbocycles. The van der Waals surface area contributed by atoms with Crippen LogP contribution in [-0.2, 0) is 9.84 Å². The minimum Gasteiger partial charge on any atom is -0.545 e. The molecule has 3 amide bonds. The maximum absolute atomic E-state index is 12.9. The molecule has 3 aromatic carbocycles. The van der Waals surface area contributed by atoms with Crippen molar-refractivity contribution in [2.45, 2.75) is 9.79 Å². The summed E-state index contributed by atoms with van der Waals surface area (Å²) in [7, 11) is -4.14. The Labute approximate surface area is 186 Å². The molecule has 166 valence electrons. The molecule has 0 fully saturated rings. The van der Waals surface area contributed by atoms with Gasteiger partial charge in [0.2, 0.25) is 9.84 Å². The summed E-state index contributed by atoms with van der Waals surface area (Å²) in [5, 5.41) is 20.6. The van der Waals surface area contributed by atoms with Gasteiger partial charge in [0.1, 0.15) is 5.75 Å². The summed E-state index contributed by atoms with van der Waals surface area (Å²) in [6.07, 6.45) is 0. The highest BCUT2D eigenvalue weighted by Gasteiger charge is 2.38. The van der Waals surface area contributed by atoms with Gasteiger partial charge in [-0.3, -0.25) is 19.8 Å². The van der Waals surface area contributed by atoms with Crippen LogP contribution < -0.4 is 10.5 Å². The van der Waals surface area contributed by atoms with Crippen molar-refractivity contribution in [2.75, 3.05) is 0 Å². The van der Waals surface area contributed by atoms with Crippen LogP contribution in [0.4, 0.5) is 0 Å². The van der Waals surface area contributed by atoms with Crippen LogP contribution in [-0.4, -0.2) is 42.2 Å². The summed E-state index contributed by atoms with van der Waals surface area (Å²) in [4.78, 5) is 48.1. The zero-order valence-corrected chi connectivity index (χ0v) is 17.3. The quantitative estimate of drug-likeness (QED) is 0.516. The van der Waals surface area contributed by atoms with Gasteiger partial charge in [-0.25, -0.2) is 8.42 Å². The van der Waals surface area contributed by atoms with Crippen molar-refractivity contribution in [3.8, 4) is 5.75 Å². The summed E-state index contributed by atoms with van der Waals surface area (Å²) in [5.74, 6) is -4.09. The van der Waals surface area contributed by atoms with E-state index in [1.807, 2.05) is 0 Å². The summed E-state index contributed by atoms with van der Waals surface area (Å²) in [6.45, 7) is 0. The van der Waals surface area contributed by atoms with E-state index < -0.39 is 33.5 Å². The Bertz CT molecular complexity index is 1430. The molecule has 0 atom stereocenters. The fourth-order valence-corrected chi connectivity index (χ4v) is 4.46. The number of carbonyl (C=O) groups excluding carboxylic acids is 4. The Balaban J connectivity index is 1.62. The van der Waals surface area contributed by atoms with Gasteiger partial charge < -0.3 is 15.0 Å². The van der Waals surface area contributed by atoms with Crippen molar-refractivity contribution >= 4 is 33.5 Å². The molecule has 4 rings (SSSR count).